The van der Waals surface area contributed by atoms with Gasteiger partial charge >= 0.3 is 0 Å². The molecule has 0 aliphatic carbocycles. The number of halogens is 1. The van der Waals surface area contributed by atoms with Crippen LogP contribution in [-0.4, -0.2) is 51.0 Å². The van der Waals surface area contributed by atoms with Crippen molar-refractivity contribution in [3.63, 3.8) is 0 Å². The molecule has 0 bridgehead atoms. The highest BCUT2D eigenvalue weighted by Crippen LogP contribution is 2.23. The zero-order valence-electron chi connectivity index (χ0n) is 11.0. The number of hydrogen-bond donors (Lipinski definition) is 2. The third-order valence-corrected chi connectivity index (χ3v) is 6.47. The molecule has 0 atom stereocenters. The van der Waals surface area contributed by atoms with Crippen molar-refractivity contribution in [3.8, 4) is 0 Å². The Morgan fingerprint density at radius 1 is 1.35 bits per heavy atom. The van der Waals surface area contributed by atoms with E-state index in [0.717, 1.165) is 31.1 Å². The Bertz CT molecular complexity index is 560. The van der Waals surface area contributed by atoms with E-state index in [2.05, 4.69) is 25.6 Å². The molecule has 1 saturated heterocycles. The Morgan fingerprint density at radius 2 is 2.05 bits per heavy atom. The van der Waals surface area contributed by atoms with Crippen LogP contribution in [0.25, 0.3) is 0 Å². The molecule has 112 valence electrons. The maximum absolute atomic E-state index is 12.2. The number of nitrogens with one attached hydrogen (secondary N) is 1. The van der Waals surface area contributed by atoms with Gasteiger partial charge < -0.3 is 10.6 Å². The Kier molecular flexibility index (Phi) is 5.74. The minimum atomic E-state index is -3.52. The zero-order valence-corrected chi connectivity index (χ0v) is 14.2. The predicted molar refractivity (Wildman–Crippen MR) is 87.5 cm³/mol. The molecule has 1 fully saturated rings. The van der Waals surface area contributed by atoms with Gasteiger partial charge in [-0.15, -0.1) is 0 Å². The summed E-state index contributed by atoms with van der Waals surface area (Å²) in [6.07, 6.45) is 0. The first-order valence-corrected chi connectivity index (χ1v) is 9.77. The van der Waals surface area contributed by atoms with Crippen LogP contribution in [0.1, 0.15) is 0 Å². The van der Waals surface area contributed by atoms with Gasteiger partial charge in [0.2, 0.25) is 10.0 Å². The second-order valence-corrected chi connectivity index (χ2v) is 8.36. The molecule has 1 aromatic carbocycles. The summed E-state index contributed by atoms with van der Waals surface area (Å²) >= 11 is 5.18. The molecule has 0 unspecified atom stereocenters. The number of hydrogen-bond acceptors (Lipinski definition) is 5. The van der Waals surface area contributed by atoms with E-state index in [4.69, 9.17) is 5.73 Å². The van der Waals surface area contributed by atoms with Crippen LogP contribution in [0, 0.1) is 0 Å². The number of rotatable bonds is 5. The number of nitrogens with two attached hydrogens (primary N) is 1. The largest absolute Gasteiger partial charge is 0.399 e. The molecule has 1 aliphatic heterocycles. The van der Waals surface area contributed by atoms with Crippen LogP contribution < -0.4 is 10.5 Å². The van der Waals surface area contributed by atoms with Gasteiger partial charge in [-0.25, -0.2) is 13.1 Å². The smallest absolute Gasteiger partial charge is 0.241 e. The summed E-state index contributed by atoms with van der Waals surface area (Å²) in [5.74, 6) is 2.24. The van der Waals surface area contributed by atoms with E-state index in [0.29, 0.717) is 16.7 Å². The van der Waals surface area contributed by atoms with E-state index in [1.807, 2.05) is 11.8 Å². The van der Waals surface area contributed by atoms with Crippen molar-refractivity contribution in [1.82, 2.24) is 9.62 Å². The Labute approximate surface area is 132 Å². The number of sulfonamides is 1. The van der Waals surface area contributed by atoms with Crippen molar-refractivity contribution < 1.29 is 8.42 Å². The number of nitrogen functional groups attached to an aromatic ring is 1. The van der Waals surface area contributed by atoms with E-state index in [-0.39, 0.29) is 4.90 Å². The summed E-state index contributed by atoms with van der Waals surface area (Å²) in [5.41, 5.74) is 6.08. The second-order valence-electron chi connectivity index (χ2n) is 4.54. The molecule has 5 nitrogen and oxygen atoms in total. The number of anilines is 1. The standard InChI is InChI=1S/C12H18BrN3O2S2/c13-11-2-1-10(14)9-12(11)20(17,18)15-3-4-16-5-7-19-8-6-16/h1-2,9,15H,3-8,14H2. The predicted octanol–water partition coefficient (Wildman–Crippen LogP) is 1.36. The molecule has 1 aromatic rings. The van der Waals surface area contributed by atoms with Crippen LogP contribution in [0.3, 0.4) is 0 Å². The monoisotopic (exact) mass is 379 g/mol. The fourth-order valence-electron chi connectivity index (χ4n) is 1.97. The molecule has 0 amide bonds. The van der Waals surface area contributed by atoms with E-state index in [1.165, 1.54) is 6.07 Å². The van der Waals surface area contributed by atoms with Gasteiger partial charge in [0.1, 0.15) is 0 Å². The first-order chi connectivity index (χ1) is 9.49. The molecule has 0 radical (unpaired) electrons. The van der Waals surface area contributed by atoms with Crippen LogP contribution >= 0.6 is 27.7 Å². The first-order valence-electron chi connectivity index (χ1n) is 6.34. The number of benzene rings is 1. The maximum atomic E-state index is 12.2. The SMILES string of the molecule is Nc1ccc(Br)c(S(=O)(=O)NCCN2CCSCC2)c1. The summed E-state index contributed by atoms with van der Waals surface area (Å²) < 4.78 is 27.6. The molecule has 1 aliphatic rings. The number of nitrogens with zero attached hydrogens (tertiary/aromatic N) is 1. The fraction of sp³-hybridized carbons (Fsp3) is 0.500. The van der Waals surface area contributed by atoms with Crippen molar-refractivity contribution >= 4 is 43.4 Å². The van der Waals surface area contributed by atoms with Gasteiger partial charge in [0, 0.05) is 47.8 Å². The average molecular weight is 380 g/mol. The third-order valence-electron chi connectivity index (χ3n) is 3.07. The summed E-state index contributed by atoms with van der Waals surface area (Å²) in [6, 6.07) is 4.77. The summed E-state index contributed by atoms with van der Waals surface area (Å²) in [5, 5.41) is 0. The van der Waals surface area contributed by atoms with Crippen LogP contribution in [0.2, 0.25) is 0 Å². The second kappa shape index (κ2) is 7.13. The highest BCUT2D eigenvalue weighted by molar-refractivity contribution is 9.10. The highest BCUT2D eigenvalue weighted by atomic mass is 79.9. The van der Waals surface area contributed by atoms with Crippen LogP contribution in [-0.2, 0) is 10.0 Å². The maximum Gasteiger partial charge on any atom is 0.241 e. The summed E-state index contributed by atoms with van der Waals surface area (Å²) in [7, 11) is -3.52. The Balaban J connectivity index is 1.95. The minimum Gasteiger partial charge on any atom is -0.399 e. The van der Waals surface area contributed by atoms with Gasteiger partial charge in [0.15, 0.2) is 0 Å². The number of thioether (sulfide) groups is 1. The average Bonchev–Trinajstić information content (AvgIpc) is 2.42. The van der Waals surface area contributed by atoms with E-state index in [9.17, 15) is 8.42 Å². The lowest BCUT2D eigenvalue weighted by Gasteiger charge is -2.26. The lowest BCUT2D eigenvalue weighted by Crippen LogP contribution is -2.39. The third kappa shape index (κ3) is 4.36. The lowest BCUT2D eigenvalue weighted by molar-refractivity contribution is 0.307. The van der Waals surface area contributed by atoms with Gasteiger partial charge in [-0.1, -0.05) is 0 Å². The fourth-order valence-corrected chi connectivity index (χ4v) is 4.96. The Hall–Kier alpha value is -0.280. The quantitative estimate of drug-likeness (QED) is 0.755. The zero-order chi connectivity index (χ0) is 14.6. The highest BCUT2D eigenvalue weighted by Gasteiger charge is 2.18. The molecule has 0 aromatic heterocycles. The summed E-state index contributed by atoms with van der Waals surface area (Å²) in [4.78, 5) is 2.46. The molecule has 0 saturated carbocycles. The summed E-state index contributed by atoms with van der Waals surface area (Å²) in [6.45, 7) is 3.19. The molecule has 2 rings (SSSR count). The van der Waals surface area contributed by atoms with Gasteiger partial charge in [0.05, 0.1) is 4.90 Å². The molecular formula is C12H18BrN3O2S2. The minimum absolute atomic E-state index is 0.187. The molecular weight excluding hydrogens is 362 g/mol. The molecule has 3 N–H and O–H groups in total. The molecule has 20 heavy (non-hydrogen) atoms. The van der Waals surface area contributed by atoms with Crippen molar-refractivity contribution in [2.75, 3.05) is 43.4 Å². The first kappa shape index (κ1) is 16.1. The molecule has 0 spiro atoms. The van der Waals surface area contributed by atoms with Crippen molar-refractivity contribution in [3.05, 3.63) is 22.7 Å². The van der Waals surface area contributed by atoms with E-state index < -0.39 is 10.0 Å². The van der Waals surface area contributed by atoms with Crippen molar-refractivity contribution in [2.24, 2.45) is 0 Å². The molecule has 8 heteroatoms. The normalized spacial score (nSPS) is 17.2. The van der Waals surface area contributed by atoms with Crippen LogP contribution in [0.4, 0.5) is 5.69 Å². The van der Waals surface area contributed by atoms with Gasteiger partial charge in [0.25, 0.3) is 0 Å². The van der Waals surface area contributed by atoms with Gasteiger partial charge in [-0.05, 0) is 34.1 Å². The van der Waals surface area contributed by atoms with Crippen molar-refractivity contribution in [2.45, 2.75) is 4.90 Å². The van der Waals surface area contributed by atoms with Crippen LogP contribution in [0.15, 0.2) is 27.6 Å². The van der Waals surface area contributed by atoms with E-state index >= 15 is 0 Å². The topological polar surface area (TPSA) is 75.4 Å². The van der Waals surface area contributed by atoms with Gasteiger partial charge in [-0.3, -0.25) is 0 Å². The molecule has 1 heterocycles. The van der Waals surface area contributed by atoms with Crippen molar-refractivity contribution in [1.29, 1.82) is 0 Å². The lowest BCUT2D eigenvalue weighted by atomic mass is 10.3. The van der Waals surface area contributed by atoms with E-state index in [1.54, 1.807) is 12.1 Å². The Morgan fingerprint density at radius 3 is 2.75 bits per heavy atom. The van der Waals surface area contributed by atoms with Gasteiger partial charge in [-0.2, -0.15) is 11.8 Å². The van der Waals surface area contributed by atoms with Crippen LogP contribution in [0.5, 0.6) is 0 Å².